The second kappa shape index (κ2) is 4.19. The van der Waals surface area contributed by atoms with E-state index in [1.165, 1.54) is 6.07 Å². The highest BCUT2D eigenvalue weighted by molar-refractivity contribution is 5.47. The van der Waals surface area contributed by atoms with Gasteiger partial charge in [-0.25, -0.2) is 4.39 Å². The van der Waals surface area contributed by atoms with Crippen LogP contribution in [0, 0.1) is 12.7 Å². The first-order valence-electron chi connectivity index (χ1n) is 5.31. The van der Waals surface area contributed by atoms with Crippen LogP contribution in [0.3, 0.4) is 0 Å². The molecule has 0 radical (unpaired) electrons. The summed E-state index contributed by atoms with van der Waals surface area (Å²) in [7, 11) is 0. The Kier molecular flexibility index (Phi) is 2.91. The molecule has 1 saturated heterocycles. The van der Waals surface area contributed by atoms with E-state index < -0.39 is 0 Å². The number of ether oxygens (including phenoxy) is 1. The Morgan fingerprint density at radius 3 is 2.87 bits per heavy atom. The predicted octanol–water partition coefficient (Wildman–Crippen LogP) is 2.72. The van der Waals surface area contributed by atoms with Gasteiger partial charge in [0, 0.05) is 12.3 Å². The molecule has 1 aromatic rings. The molecule has 2 rings (SSSR count). The second-order valence-electron chi connectivity index (χ2n) is 4.08. The van der Waals surface area contributed by atoms with Crippen LogP contribution in [-0.2, 0) is 4.74 Å². The van der Waals surface area contributed by atoms with Crippen LogP contribution in [0.1, 0.15) is 18.9 Å². The quantitative estimate of drug-likeness (QED) is 0.808. The summed E-state index contributed by atoms with van der Waals surface area (Å²) in [6.45, 7) is 4.63. The number of hydrogen-bond donors (Lipinski definition) is 1. The molecular formula is C12H16FNO. The first-order valence-corrected chi connectivity index (χ1v) is 5.31. The summed E-state index contributed by atoms with van der Waals surface area (Å²) < 4.78 is 18.5. The summed E-state index contributed by atoms with van der Waals surface area (Å²) in [5.74, 6) is -0.156. The maximum atomic E-state index is 13.0. The van der Waals surface area contributed by atoms with Gasteiger partial charge in [-0.15, -0.1) is 0 Å². The second-order valence-corrected chi connectivity index (χ2v) is 4.08. The van der Waals surface area contributed by atoms with E-state index in [1.54, 1.807) is 13.0 Å². The Balaban J connectivity index is 2.07. The number of benzene rings is 1. The normalized spacial score (nSPS) is 25.5. The molecule has 0 amide bonds. The topological polar surface area (TPSA) is 21.3 Å². The van der Waals surface area contributed by atoms with E-state index >= 15 is 0 Å². The Bertz CT molecular complexity index is 353. The fourth-order valence-corrected chi connectivity index (χ4v) is 1.87. The average Bonchev–Trinajstić information content (AvgIpc) is 2.59. The summed E-state index contributed by atoms with van der Waals surface area (Å²) in [5, 5.41) is 3.37. The predicted molar refractivity (Wildman–Crippen MR) is 58.6 cm³/mol. The number of aryl methyl sites for hydroxylation is 1. The maximum absolute atomic E-state index is 13.0. The number of rotatable bonds is 2. The minimum atomic E-state index is -0.156. The molecule has 2 nitrogen and oxygen atoms in total. The molecule has 15 heavy (non-hydrogen) atoms. The summed E-state index contributed by atoms with van der Waals surface area (Å²) in [6, 6.07) is 5.45. The van der Waals surface area contributed by atoms with Crippen LogP contribution in [0.4, 0.5) is 10.1 Å². The first-order chi connectivity index (χ1) is 7.16. The Hall–Kier alpha value is -1.09. The standard InChI is InChI=1S/C12H16FNO/c1-8-7-10(3-4-11(8)13)14-12-5-6-15-9(12)2/h3-4,7,9,12,14H,5-6H2,1-2H3/t9-,12+/m0/s1. The monoisotopic (exact) mass is 209 g/mol. The smallest absolute Gasteiger partial charge is 0.126 e. The molecule has 2 atom stereocenters. The van der Waals surface area contributed by atoms with Gasteiger partial charge in [-0.2, -0.15) is 0 Å². The zero-order chi connectivity index (χ0) is 10.8. The van der Waals surface area contributed by atoms with Crippen LogP contribution in [0.5, 0.6) is 0 Å². The summed E-state index contributed by atoms with van der Waals surface area (Å²) in [5.41, 5.74) is 1.64. The molecule has 1 N–H and O–H groups in total. The molecule has 3 heteroatoms. The van der Waals surface area contributed by atoms with Crippen LogP contribution < -0.4 is 5.32 Å². The minimum Gasteiger partial charge on any atom is -0.380 e. The van der Waals surface area contributed by atoms with Gasteiger partial charge in [-0.3, -0.25) is 0 Å². The van der Waals surface area contributed by atoms with Crippen LogP contribution >= 0.6 is 0 Å². The van der Waals surface area contributed by atoms with E-state index in [1.807, 2.05) is 6.07 Å². The zero-order valence-electron chi connectivity index (χ0n) is 9.09. The van der Waals surface area contributed by atoms with Gasteiger partial charge >= 0.3 is 0 Å². The number of anilines is 1. The van der Waals surface area contributed by atoms with Crippen LogP contribution in [0.2, 0.25) is 0 Å². The van der Waals surface area contributed by atoms with E-state index in [0.717, 1.165) is 18.7 Å². The first kappa shape index (κ1) is 10.4. The van der Waals surface area contributed by atoms with Gasteiger partial charge in [0.1, 0.15) is 5.82 Å². The largest absolute Gasteiger partial charge is 0.380 e. The Morgan fingerprint density at radius 1 is 1.47 bits per heavy atom. The molecule has 1 fully saturated rings. The van der Waals surface area contributed by atoms with Crippen molar-refractivity contribution in [3.05, 3.63) is 29.6 Å². The number of halogens is 1. The third-order valence-corrected chi connectivity index (χ3v) is 2.89. The van der Waals surface area contributed by atoms with Crippen LogP contribution in [0.15, 0.2) is 18.2 Å². The molecule has 0 spiro atoms. The average molecular weight is 209 g/mol. The maximum Gasteiger partial charge on any atom is 0.126 e. The minimum absolute atomic E-state index is 0.156. The van der Waals surface area contributed by atoms with Gasteiger partial charge in [0.15, 0.2) is 0 Å². The number of hydrogen-bond acceptors (Lipinski definition) is 2. The van der Waals surface area contributed by atoms with Crippen molar-refractivity contribution in [2.24, 2.45) is 0 Å². The van der Waals surface area contributed by atoms with E-state index in [2.05, 4.69) is 12.2 Å². The fraction of sp³-hybridized carbons (Fsp3) is 0.500. The molecule has 1 aliphatic rings. The molecule has 0 aromatic heterocycles. The molecule has 0 bridgehead atoms. The SMILES string of the molecule is Cc1cc(N[C@@H]2CCO[C@H]2C)ccc1F. The van der Waals surface area contributed by atoms with Crippen molar-refractivity contribution in [2.45, 2.75) is 32.4 Å². The van der Waals surface area contributed by atoms with Crippen molar-refractivity contribution in [2.75, 3.05) is 11.9 Å². The van der Waals surface area contributed by atoms with Gasteiger partial charge in [-0.05, 0) is 44.0 Å². The third kappa shape index (κ3) is 2.29. The summed E-state index contributed by atoms with van der Waals surface area (Å²) >= 11 is 0. The molecule has 0 saturated carbocycles. The fourth-order valence-electron chi connectivity index (χ4n) is 1.87. The lowest BCUT2D eigenvalue weighted by molar-refractivity contribution is 0.121. The molecule has 1 heterocycles. The van der Waals surface area contributed by atoms with Crippen LogP contribution in [0.25, 0.3) is 0 Å². The Labute approximate surface area is 89.4 Å². The van der Waals surface area contributed by atoms with Crippen molar-refractivity contribution < 1.29 is 9.13 Å². The van der Waals surface area contributed by atoms with E-state index in [9.17, 15) is 4.39 Å². The molecule has 1 aromatic carbocycles. The van der Waals surface area contributed by atoms with Crippen molar-refractivity contribution in [3.63, 3.8) is 0 Å². The van der Waals surface area contributed by atoms with Crippen molar-refractivity contribution in [1.82, 2.24) is 0 Å². The van der Waals surface area contributed by atoms with Crippen LogP contribution in [-0.4, -0.2) is 18.8 Å². The molecule has 82 valence electrons. The lowest BCUT2D eigenvalue weighted by atomic mass is 10.1. The van der Waals surface area contributed by atoms with E-state index in [0.29, 0.717) is 11.6 Å². The van der Waals surface area contributed by atoms with E-state index in [-0.39, 0.29) is 11.9 Å². The summed E-state index contributed by atoms with van der Waals surface area (Å²) in [4.78, 5) is 0. The van der Waals surface area contributed by atoms with Crippen molar-refractivity contribution in [1.29, 1.82) is 0 Å². The molecule has 0 aliphatic carbocycles. The molecular weight excluding hydrogens is 193 g/mol. The van der Waals surface area contributed by atoms with Crippen molar-refractivity contribution >= 4 is 5.69 Å². The van der Waals surface area contributed by atoms with Gasteiger partial charge in [-0.1, -0.05) is 0 Å². The van der Waals surface area contributed by atoms with Gasteiger partial charge in [0.05, 0.1) is 12.1 Å². The highest BCUT2D eigenvalue weighted by atomic mass is 19.1. The van der Waals surface area contributed by atoms with Gasteiger partial charge in [0.25, 0.3) is 0 Å². The highest BCUT2D eigenvalue weighted by Gasteiger charge is 2.23. The highest BCUT2D eigenvalue weighted by Crippen LogP contribution is 2.20. The lowest BCUT2D eigenvalue weighted by Gasteiger charge is -2.17. The molecule has 1 aliphatic heterocycles. The molecule has 0 unspecified atom stereocenters. The number of nitrogens with one attached hydrogen (secondary N) is 1. The summed E-state index contributed by atoms with van der Waals surface area (Å²) in [6.07, 6.45) is 1.24. The third-order valence-electron chi connectivity index (χ3n) is 2.89. The van der Waals surface area contributed by atoms with Crippen molar-refractivity contribution in [3.8, 4) is 0 Å². The zero-order valence-corrected chi connectivity index (χ0v) is 9.09. The Morgan fingerprint density at radius 2 is 2.27 bits per heavy atom. The van der Waals surface area contributed by atoms with E-state index in [4.69, 9.17) is 4.74 Å². The van der Waals surface area contributed by atoms with Gasteiger partial charge < -0.3 is 10.1 Å². The lowest BCUT2D eigenvalue weighted by Crippen LogP contribution is -2.26. The van der Waals surface area contributed by atoms with Gasteiger partial charge in [0.2, 0.25) is 0 Å².